The Labute approximate surface area is 425 Å². The zero-order valence-electron chi connectivity index (χ0n) is 40.8. The molecule has 72 heavy (non-hydrogen) atoms. The Hall–Kier alpha value is -6.54. The van der Waals surface area contributed by atoms with Gasteiger partial charge < -0.3 is 40.4 Å². The number of fused-ring (bicyclic) bond motifs is 2. The van der Waals surface area contributed by atoms with Crippen LogP contribution in [0.4, 0.5) is 34.5 Å². The molecular weight excluding hydrogens is 1010 g/mol. The van der Waals surface area contributed by atoms with Crippen molar-refractivity contribution in [2.75, 3.05) is 99.8 Å². The Kier molecular flexibility index (Phi) is 15.2. The number of imide groups is 2. The number of ether oxygens (including phenoxy) is 1. The summed E-state index contributed by atoms with van der Waals surface area (Å²) in [6.45, 7) is 12.0. The van der Waals surface area contributed by atoms with Crippen molar-refractivity contribution in [3.8, 4) is 5.75 Å². The van der Waals surface area contributed by atoms with E-state index in [0.717, 1.165) is 73.0 Å². The normalized spacial score (nSPS) is 17.8. The van der Waals surface area contributed by atoms with Gasteiger partial charge in [-0.25, -0.2) is 4.98 Å². The quantitative estimate of drug-likeness (QED) is 0.0479. The van der Waals surface area contributed by atoms with Crippen molar-refractivity contribution in [2.24, 2.45) is 0 Å². The number of methoxy groups -OCH3 is 1. The summed E-state index contributed by atoms with van der Waals surface area (Å²) in [6.07, 6.45) is 8.15. The predicted molar refractivity (Wildman–Crippen MR) is 280 cm³/mol. The molecule has 6 heterocycles. The van der Waals surface area contributed by atoms with Crippen LogP contribution in [-0.2, 0) is 25.4 Å². The summed E-state index contributed by atoms with van der Waals surface area (Å²) in [4.78, 5) is 89.4. The maximum absolute atomic E-state index is 13.5. The third-order valence-electron chi connectivity index (χ3n) is 13.7. The van der Waals surface area contributed by atoms with Gasteiger partial charge in [-0.05, 0) is 96.9 Å². The maximum atomic E-state index is 13.5. The summed E-state index contributed by atoms with van der Waals surface area (Å²) < 4.78 is 20.1. The van der Waals surface area contributed by atoms with Crippen LogP contribution in [0.2, 0.25) is 0 Å². The van der Waals surface area contributed by atoms with Crippen molar-refractivity contribution in [3.63, 3.8) is 0 Å². The SMILES string of the molecule is CCc1cc(Nc2ncc(Br)c(Nc3ccc4nccnc4c3P(C)(C)=O)n2)c(OC)cc1N1CCC(NCCNC(=O)CCN2CCN(c3ccc4c(c3)C(=O)N(C3CCC(=O)NC3=O)C4=O)CC2)CC1. The number of nitrogens with zero attached hydrogens (tertiary/aromatic N) is 8. The Morgan fingerprint density at radius 3 is 2.36 bits per heavy atom. The predicted octanol–water partition coefficient (Wildman–Crippen LogP) is 4.78. The highest BCUT2D eigenvalue weighted by Crippen LogP contribution is 2.42. The minimum atomic E-state index is -2.79. The van der Waals surface area contributed by atoms with Gasteiger partial charge in [-0.15, -0.1) is 0 Å². The lowest BCUT2D eigenvalue weighted by atomic mass is 10.0. The van der Waals surface area contributed by atoms with E-state index in [4.69, 9.17) is 9.72 Å². The van der Waals surface area contributed by atoms with Gasteiger partial charge in [-0.3, -0.25) is 49.1 Å². The molecule has 0 spiro atoms. The Balaban J connectivity index is 0.709. The van der Waals surface area contributed by atoms with E-state index in [1.165, 1.54) is 0 Å². The number of benzene rings is 3. The molecule has 9 rings (SSSR count). The molecule has 3 fully saturated rings. The fourth-order valence-electron chi connectivity index (χ4n) is 9.93. The lowest BCUT2D eigenvalue weighted by Gasteiger charge is -2.36. The minimum Gasteiger partial charge on any atom is -0.494 e. The molecule has 0 bridgehead atoms. The molecule has 1 unspecified atom stereocenters. The number of anilines is 6. The summed E-state index contributed by atoms with van der Waals surface area (Å²) in [7, 11) is -1.14. The number of amides is 5. The van der Waals surface area contributed by atoms with Crippen LogP contribution in [0, 0.1) is 0 Å². The first kappa shape index (κ1) is 50.4. The molecule has 0 saturated carbocycles. The number of carbonyl (C=O) groups is 5. The Bertz CT molecular complexity index is 2980. The highest BCUT2D eigenvalue weighted by Gasteiger charge is 2.45. The fraction of sp³-hybridized carbons (Fsp3) is 0.420. The largest absolute Gasteiger partial charge is 0.494 e. The van der Waals surface area contributed by atoms with Crippen molar-refractivity contribution in [1.29, 1.82) is 0 Å². The first-order chi connectivity index (χ1) is 34.7. The van der Waals surface area contributed by atoms with E-state index < -0.39 is 36.8 Å². The van der Waals surface area contributed by atoms with Gasteiger partial charge >= 0.3 is 0 Å². The average molecular weight is 1060 g/mol. The fourth-order valence-corrected chi connectivity index (χ4v) is 11.6. The number of aromatic nitrogens is 4. The summed E-state index contributed by atoms with van der Waals surface area (Å²) in [5, 5.41) is 16.3. The number of piperidine rings is 2. The van der Waals surface area contributed by atoms with Gasteiger partial charge in [0.1, 0.15) is 30.3 Å². The van der Waals surface area contributed by atoms with E-state index in [-0.39, 0.29) is 29.9 Å². The number of nitrogens with one attached hydrogen (secondary N) is 5. The van der Waals surface area contributed by atoms with Gasteiger partial charge in [0.25, 0.3) is 11.8 Å². The molecule has 0 radical (unpaired) electrons. The molecule has 20 nitrogen and oxygen atoms in total. The van der Waals surface area contributed by atoms with E-state index in [9.17, 15) is 28.5 Å². The third-order valence-corrected chi connectivity index (χ3v) is 15.8. The number of hydrogen-bond donors (Lipinski definition) is 5. The standard InChI is InChI=1S/C50H59BrN13O7P/c1-5-30-26-38(58-50-56-29-35(51)46(60-50)57-37-9-8-36-44(55-18-16-53-36)45(37)72(3,4)70)41(71-2)28-40(30)63-20-12-31(13-21-63)52-15-17-54-42(65)14-19-61-22-24-62(25-23-61)32-6-7-33-34(27-32)49(69)64(48(33)68)39-10-11-43(66)59-47(39)67/h6-9,16,18,26-29,31,39,52H,5,10-15,17,19-25H2,1-4H3,(H,54,65)(H,59,66,67)(H2,56,57,58,60). The topological polar surface area (TPSA) is 236 Å². The average Bonchev–Trinajstić information content (AvgIpc) is 3.62. The van der Waals surface area contributed by atoms with Gasteiger partial charge in [0.15, 0.2) is 0 Å². The molecule has 5 N–H and O–H groups in total. The molecule has 2 aromatic heterocycles. The molecule has 378 valence electrons. The van der Waals surface area contributed by atoms with Crippen LogP contribution < -0.4 is 46.4 Å². The van der Waals surface area contributed by atoms with Crippen LogP contribution in [0.15, 0.2) is 65.5 Å². The Morgan fingerprint density at radius 1 is 0.861 bits per heavy atom. The second-order valence-electron chi connectivity index (χ2n) is 18.7. The summed E-state index contributed by atoms with van der Waals surface area (Å²) >= 11 is 3.58. The number of aryl methyl sites for hydroxylation is 1. The summed E-state index contributed by atoms with van der Waals surface area (Å²) in [5.41, 5.74) is 6.23. The van der Waals surface area contributed by atoms with Gasteiger partial charge in [0, 0.05) is 114 Å². The van der Waals surface area contributed by atoms with Gasteiger partial charge in [0.2, 0.25) is 23.7 Å². The molecule has 1 atom stereocenters. The molecule has 3 aromatic carbocycles. The maximum Gasteiger partial charge on any atom is 0.262 e. The van der Waals surface area contributed by atoms with Crippen LogP contribution in [0.5, 0.6) is 5.75 Å². The third kappa shape index (κ3) is 10.9. The smallest absolute Gasteiger partial charge is 0.262 e. The number of piperazine rings is 1. The van der Waals surface area contributed by atoms with Crippen LogP contribution in [0.3, 0.4) is 0 Å². The van der Waals surface area contributed by atoms with Crippen LogP contribution in [0.25, 0.3) is 11.0 Å². The van der Waals surface area contributed by atoms with E-state index in [2.05, 4.69) is 91.2 Å². The molecule has 4 aliphatic heterocycles. The van der Waals surface area contributed by atoms with Crippen molar-refractivity contribution in [3.05, 3.63) is 82.2 Å². The number of halogens is 1. The zero-order chi connectivity index (χ0) is 50.7. The first-order valence-corrected chi connectivity index (χ1v) is 27.7. The zero-order valence-corrected chi connectivity index (χ0v) is 43.3. The highest BCUT2D eigenvalue weighted by molar-refractivity contribution is 9.10. The van der Waals surface area contributed by atoms with E-state index in [1.807, 2.05) is 18.2 Å². The van der Waals surface area contributed by atoms with E-state index in [1.54, 1.807) is 51.2 Å². The first-order valence-electron chi connectivity index (χ1n) is 24.3. The molecule has 22 heteroatoms. The van der Waals surface area contributed by atoms with E-state index in [0.29, 0.717) is 89.2 Å². The van der Waals surface area contributed by atoms with E-state index >= 15 is 0 Å². The van der Waals surface area contributed by atoms with Gasteiger partial charge in [0.05, 0.1) is 44.9 Å². The van der Waals surface area contributed by atoms with Gasteiger partial charge in [-0.2, -0.15) is 4.98 Å². The molecule has 3 saturated heterocycles. The molecule has 0 aliphatic carbocycles. The lowest BCUT2D eigenvalue weighted by Crippen LogP contribution is -2.54. The van der Waals surface area contributed by atoms with Crippen molar-refractivity contribution in [2.45, 2.75) is 57.5 Å². The van der Waals surface area contributed by atoms with Crippen LogP contribution in [0.1, 0.15) is 65.3 Å². The second-order valence-corrected chi connectivity index (χ2v) is 22.7. The molecule has 4 aliphatic rings. The van der Waals surface area contributed by atoms with Crippen molar-refractivity contribution >= 4 is 103 Å². The highest BCUT2D eigenvalue weighted by atomic mass is 79.9. The van der Waals surface area contributed by atoms with Crippen molar-refractivity contribution in [1.82, 2.24) is 45.7 Å². The molecular formula is C50H59BrN13O7P. The second kappa shape index (κ2) is 21.7. The lowest BCUT2D eigenvalue weighted by molar-refractivity contribution is -0.136. The van der Waals surface area contributed by atoms with Gasteiger partial charge in [-0.1, -0.05) is 6.92 Å². The monoisotopic (exact) mass is 1060 g/mol. The van der Waals surface area contributed by atoms with Crippen LogP contribution >= 0.6 is 23.1 Å². The van der Waals surface area contributed by atoms with Crippen LogP contribution in [-0.4, -0.2) is 151 Å². The van der Waals surface area contributed by atoms with Crippen molar-refractivity contribution < 1.29 is 33.3 Å². The number of hydrogen-bond acceptors (Lipinski definition) is 17. The summed E-state index contributed by atoms with van der Waals surface area (Å²) in [6, 6.07) is 12.4. The Morgan fingerprint density at radius 2 is 1.62 bits per heavy atom. The minimum absolute atomic E-state index is 0.00978. The molecule has 5 amide bonds. The summed E-state index contributed by atoms with van der Waals surface area (Å²) in [5.74, 6) is -0.571. The number of rotatable bonds is 17. The molecule has 5 aromatic rings. The number of carbonyl (C=O) groups excluding carboxylic acids is 5.